The van der Waals surface area contributed by atoms with Gasteiger partial charge in [0.1, 0.15) is 5.01 Å². The number of nitrogens with zero attached hydrogens (tertiary/aromatic N) is 2. The van der Waals surface area contributed by atoms with Crippen LogP contribution in [0, 0.1) is 0 Å². The van der Waals surface area contributed by atoms with Crippen LogP contribution in [0.25, 0.3) is 9.88 Å². The number of para-hydroxylation sites is 1. The van der Waals surface area contributed by atoms with E-state index in [1.165, 1.54) is 5.69 Å². The van der Waals surface area contributed by atoms with E-state index >= 15 is 0 Å². The van der Waals surface area contributed by atoms with Gasteiger partial charge in [0.15, 0.2) is 0 Å². The third-order valence-electron chi connectivity index (χ3n) is 4.06. The number of hydrogen-bond acceptors (Lipinski definition) is 5. The fraction of sp³-hybridized carbons (Fsp3) is 0.300. The minimum Gasteiger partial charge on any atom is -0.372 e. The predicted molar refractivity (Wildman–Crippen MR) is 111 cm³/mol. The van der Waals surface area contributed by atoms with Crippen molar-refractivity contribution in [3.63, 3.8) is 0 Å². The molecule has 0 aliphatic heterocycles. The SMILES string of the molecule is CCN(CCCNC(=O)Cc1csc(-c2cccs2)n1)c1ccccc1. The quantitative estimate of drug-likeness (QED) is 0.554. The van der Waals surface area contributed by atoms with Gasteiger partial charge in [0, 0.05) is 30.7 Å². The molecule has 0 aliphatic carbocycles. The number of benzene rings is 1. The van der Waals surface area contributed by atoms with E-state index < -0.39 is 0 Å². The molecule has 26 heavy (non-hydrogen) atoms. The van der Waals surface area contributed by atoms with Crippen LogP contribution in [-0.2, 0) is 11.2 Å². The monoisotopic (exact) mass is 385 g/mol. The lowest BCUT2D eigenvalue weighted by Crippen LogP contribution is -2.30. The fourth-order valence-corrected chi connectivity index (χ4v) is 4.37. The maximum atomic E-state index is 12.1. The van der Waals surface area contributed by atoms with E-state index in [-0.39, 0.29) is 5.91 Å². The molecule has 1 amide bonds. The molecule has 0 bridgehead atoms. The highest BCUT2D eigenvalue weighted by molar-refractivity contribution is 7.20. The molecule has 3 aromatic rings. The fourth-order valence-electron chi connectivity index (χ4n) is 2.73. The summed E-state index contributed by atoms with van der Waals surface area (Å²) >= 11 is 3.27. The van der Waals surface area contributed by atoms with Crippen LogP contribution in [0.2, 0.25) is 0 Å². The van der Waals surface area contributed by atoms with Gasteiger partial charge in [0.05, 0.1) is 17.0 Å². The van der Waals surface area contributed by atoms with Gasteiger partial charge in [0.25, 0.3) is 0 Å². The maximum Gasteiger partial charge on any atom is 0.226 e. The van der Waals surface area contributed by atoms with E-state index in [0.29, 0.717) is 13.0 Å². The Morgan fingerprint density at radius 2 is 2.00 bits per heavy atom. The highest BCUT2D eigenvalue weighted by atomic mass is 32.1. The Morgan fingerprint density at radius 1 is 1.15 bits per heavy atom. The summed E-state index contributed by atoms with van der Waals surface area (Å²) in [5.74, 6) is 0.0378. The zero-order chi connectivity index (χ0) is 18.2. The number of rotatable bonds is 9. The van der Waals surface area contributed by atoms with Gasteiger partial charge in [-0.25, -0.2) is 4.98 Å². The van der Waals surface area contributed by atoms with Crippen molar-refractivity contribution in [2.45, 2.75) is 19.8 Å². The van der Waals surface area contributed by atoms with Crippen molar-refractivity contribution in [2.24, 2.45) is 0 Å². The molecule has 0 saturated carbocycles. The Hall–Kier alpha value is -2.18. The third kappa shape index (κ3) is 5.16. The molecule has 136 valence electrons. The van der Waals surface area contributed by atoms with E-state index in [2.05, 4.69) is 52.5 Å². The minimum absolute atomic E-state index is 0.0378. The van der Waals surface area contributed by atoms with E-state index in [9.17, 15) is 4.79 Å². The second kappa shape index (κ2) is 9.50. The largest absolute Gasteiger partial charge is 0.372 e. The van der Waals surface area contributed by atoms with Gasteiger partial charge in [-0.05, 0) is 36.9 Å². The van der Waals surface area contributed by atoms with Crippen molar-refractivity contribution in [1.29, 1.82) is 0 Å². The zero-order valence-electron chi connectivity index (χ0n) is 14.9. The third-order valence-corrected chi connectivity index (χ3v) is 5.99. The van der Waals surface area contributed by atoms with Crippen LogP contribution in [0.4, 0.5) is 5.69 Å². The summed E-state index contributed by atoms with van der Waals surface area (Å²) in [4.78, 5) is 20.2. The number of carbonyl (C=O) groups is 1. The molecule has 0 aliphatic rings. The van der Waals surface area contributed by atoms with Crippen LogP contribution in [0.5, 0.6) is 0 Å². The molecule has 0 saturated heterocycles. The van der Waals surface area contributed by atoms with E-state index in [1.54, 1.807) is 22.7 Å². The van der Waals surface area contributed by atoms with Gasteiger partial charge in [-0.2, -0.15) is 0 Å². The standard InChI is InChI=1S/C20H23N3OS2/c1-2-23(17-8-4-3-5-9-17)12-7-11-21-19(24)14-16-15-26-20(22-16)18-10-6-13-25-18/h3-6,8-10,13,15H,2,7,11-12,14H2,1H3,(H,21,24). The topological polar surface area (TPSA) is 45.2 Å². The molecule has 6 heteroatoms. The Bertz CT molecular complexity index is 800. The average molecular weight is 386 g/mol. The molecule has 0 atom stereocenters. The van der Waals surface area contributed by atoms with Gasteiger partial charge < -0.3 is 10.2 Å². The molecule has 0 radical (unpaired) electrons. The highest BCUT2D eigenvalue weighted by Gasteiger charge is 2.10. The van der Waals surface area contributed by atoms with Crippen molar-refractivity contribution < 1.29 is 4.79 Å². The number of aromatic nitrogens is 1. The van der Waals surface area contributed by atoms with Crippen molar-refractivity contribution >= 4 is 34.3 Å². The normalized spacial score (nSPS) is 10.7. The van der Waals surface area contributed by atoms with Crippen molar-refractivity contribution in [3.8, 4) is 9.88 Å². The van der Waals surface area contributed by atoms with Crippen LogP contribution in [0.3, 0.4) is 0 Å². The number of carbonyl (C=O) groups excluding carboxylic acids is 1. The first-order valence-corrected chi connectivity index (χ1v) is 10.6. The summed E-state index contributed by atoms with van der Waals surface area (Å²) in [6.45, 7) is 4.73. The molecule has 2 heterocycles. The summed E-state index contributed by atoms with van der Waals surface area (Å²) < 4.78 is 0. The second-order valence-corrected chi connectivity index (χ2v) is 7.72. The zero-order valence-corrected chi connectivity index (χ0v) is 16.5. The number of nitrogens with one attached hydrogen (secondary N) is 1. The lowest BCUT2D eigenvalue weighted by atomic mass is 10.2. The number of anilines is 1. The first-order chi connectivity index (χ1) is 12.8. The van der Waals surface area contributed by atoms with Gasteiger partial charge >= 0.3 is 0 Å². The molecular weight excluding hydrogens is 362 g/mol. The molecule has 2 aromatic heterocycles. The number of hydrogen-bond donors (Lipinski definition) is 1. The van der Waals surface area contributed by atoms with E-state index in [1.807, 2.05) is 22.9 Å². The molecular formula is C20H23N3OS2. The molecule has 0 unspecified atom stereocenters. The van der Waals surface area contributed by atoms with Crippen LogP contribution >= 0.6 is 22.7 Å². The number of thiazole rings is 1. The lowest BCUT2D eigenvalue weighted by Gasteiger charge is -2.23. The lowest BCUT2D eigenvalue weighted by molar-refractivity contribution is -0.120. The highest BCUT2D eigenvalue weighted by Crippen LogP contribution is 2.27. The minimum atomic E-state index is 0.0378. The van der Waals surface area contributed by atoms with Crippen LogP contribution in [-0.4, -0.2) is 30.5 Å². The van der Waals surface area contributed by atoms with Crippen LogP contribution in [0.15, 0.2) is 53.2 Å². The molecule has 3 rings (SSSR count). The molecule has 0 spiro atoms. The second-order valence-electron chi connectivity index (χ2n) is 5.92. The van der Waals surface area contributed by atoms with Gasteiger partial charge in [-0.15, -0.1) is 22.7 Å². The molecule has 4 nitrogen and oxygen atoms in total. The predicted octanol–water partition coefficient (Wildman–Crippen LogP) is 4.45. The first-order valence-electron chi connectivity index (χ1n) is 8.81. The van der Waals surface area contributed by atoms with Crippen molar-refractivity contribution in [2.75, 3.05) is 24.5 Å². The van der Waals surface area contributed by atoms with Gasteiger partial charge in [-0.1, -0.05) is 24.3 Å². The Balaban J connectivity index is 1.40. The van der Waals surface area contributed by atoms with E-state index in [4.69, 9.17) is 0 Å². The van der Waals surface area contributed by atoms with Crippen LogP contribution < -0.4 is 10.2 Å². The number of amides is 1. The molecule has 1 aromatic carbocycles. The Morgan fingerprint density at radius 3 is 2.73 bits per heavy atom. The summed E-state index contributed by atoms with van der Waals surface area (Å²) in [5.41, 5.74) is 2.07. The van der Waals surface area contributed by atoms with Crippen molar-refractivity contribution in [3.05, 3.63) is 58.9 Å². The number of thiophene rings is 1. The average Bonchev–Trinajstić information content (AvgIpc) is 3.34. The smallest absolute Gasteiger partial charge is 0.226 e. The van der Waals surface area contributed by atoms with Gasteiger partial charge in [-0.3, -0.25) is 4.79 Å². The van der Waals surface area contributed by atoms with Crippen LogP contribution in [0.1, 0.15) is 19.0 Å². The molecule has 0 fully saturated rings. The Kier molecular flexibility index (Phi) is 6.80. The van der Waals surface area contributed by atoms with Gasteiger partial charge in [0.2, 0.25) is 5.91 Å². The summed E-state index contributed by atoms with van der Waals surface area (Å²) in [7, 11) is 0. The molecule has 1 N–H and O–H groups in total. The summed E-state index contributed by atoms with van der Waals surface area (Å²) in [5, 5.41) is 8.01. The summed E-state index contributed by atoms with van der Waals surface area (Å²) in [6.07, 6.45) is 1.27. The first kappa shape index (κ1) is 18.6. The Labute approximate surface area is 162 Å². The summed E-state index contributed by atoms with van der Waals surface area (Å²) in [6, 6.07) is 14.4. The van der Waals surface area contributed by atoms with E-state index in [0.717, 1.165) is 35.1 Å². The maximum absolute atomic E-state index is 12.1. The van der Waals surface area contributed by atoms with Crippen molar-refractivity contribution in [1.82, 2.24) is 10.3 Å².